The number of ether oxygens (including phenoxy) is 2. The molecule has 0 amide bonds. The summed E-state index contributed by atoms with van der Waals surface area (Å²) in [6.07, 6.45) is 0.874. The molecule has 1 saturated heterocycles. The average molecular weight is 699 g/mol. The van der Waals surface area contributed by atoms with E-state index in [2.05, 4.69) is 47.6 Å². The van der Waals surface area contributed by atoms with Crippen molar-refractivity contribution in [1.82, 2.24) is 0 Å². The lowest BCUT2D eigenvalue weighted by atomic mass is 9.33. The zero-order chi connectivity index (χ0) is 35.4. The molecule has 12 nitrogen and oxygen atoms in total. The molecule has 0 aromatic carbocycles. The first-order chi connectivity index (χ1) is 22.2. The standard InChI is InChI=1S/C35H54O12S/c1-18-9-14-34(29(38)39)15-16-35(30(40)41)20(25(34)19(18)2)7-8-23-32(5)12-11-24(31(3,4)22(32)10-13-33(23,35)6)46-28-27(47-48(42,43)44)26(37)21(36)17-45-28/h7,18-19,21-28,36-37H,8-17H2,1-6H3,(H,38,39)(H,40,41)(H,42,43,44)/t18-,19+,21-,22+,23-,24+,25+,26+,27-,28+,32+,33-,34+,35-/m1/s1. The maximum absolute atomic E-state index is 13.8. The van der Waals surface area contributed by atoms with Crippen molar-refractivity contribution in [2.24, 2.45) is 56.7 Å². The third-order valence-corrected chi connectivity index (χ3v) is 15.6. The van der Waals surface area contributed by atoms with Gasteiger partial charge in [0.05, 0.1) is 23.5 Å². The van der Waals surface area contributed by atoms with Crippen molar-refractivity contribution >= 4 is 22.3 Å². The Kier molecular flexibility index (Phi) is 8.83. The minimum Gasteiger partial charge on any atom is -0.481 e. The molecule has 48 heavy (non-hydrogen) atoms. The summed E-state index contributed by atoms with van der Waals surface area (Å²) in [5.74, 6) is -1.54. The van der Waals surface area contributed by atoms with Crippen LogP contribution < -0.4 is 0 Å². The highest BCUT2D eigenvalue weighted by Crippen LogP contribution is 2.76. The van der Waals surface area contributed by atoms with Gasteiger partial charge in [0.1, 0.15) is 12.2 Å². The number of aliphatic hydroxyl groups excluding tert-OH is 2. The van der Waals surface area contributed by atoms with E-state index >= 15 is 0 Å². The van der Waals surface area contributed by atoms with E-state index in [1.165, 1.54) is 0 Å². The summed E-state index contributed by atoms with van der Waals surface area (Å²) in [7, 11) is -4.99. The molecule has 6 rings (SSSR count). The van der Waals surface area contributed by atoms with Gasteiger partial charge in [-0.05, 0) is 104 Å². The van der Waals surface area contributed by atoms with Crippen molar-refractivity contribution < 1.29 is 56.6 Å². The van der Waals surface area contributed by atoms with E-state index in [0.29, 0.717) is 50.9 Å². The van der Waals surface area contributed by atoms with E-state index in [4.69, 9.17) is 13.7 Å². The van der Waals surface area contributed by atoms with Crippen LogP contribution in [-0.4, -0.2) is 82.6 Å². The zero-order valence-electron chi connectivity index (χ0n) is 28.9. The molecule has 1 aliphatic heterocycles. The topological polar surface area (TPSA) is 197 Å². The maximum atomic E-state index is 13.8. The Morgan fingerprint density at radius 2 is 1.60 bits per heavy atom. The van der Waals surface area contributed by atoms with Gasteiger partial charge in [-0.25, -0.2) is 4.18 Å². The molecule has 6 aliphatic rings. The van der Waals surface area contributed by atoms with Crippen LogP contribution in [0.5, 0.6) is 0 Å². The first kappa shape index (κ1) is 36.2. The lowest BCUT2D eigenvalue weighted by molar-refractivity contribution is -0.303. The molecule has 0 spiro atoms. The summed E-state index contributed by atoms with van der Waals surface area (Å²) in [5.41, 5.74) is -2.66. The van der Waals surface area contributed by atoms with E-state index in [0.717, 1.165) is 18.4 Å². The van der Waals surface area contributed by atoms with Crippen molar-refractivity contribution in [3.63, 3.8) is 0 Å². The number of carbonyl (C=O) groups is 2. The molecule has 0 bridgehead atoms. The fourth-order valence-corrected chi connectivity index (χ4v) is 13.0. The second-order valence-electron chi connectivity index (χ2n) is 17.2. The Bertz CT molecular complexity index is 1460. The van der Waals surface area contributed by atoms with E-state index in [1.807, 2.05) is 0 Å². The van der Waals surface area contributed by atoms with E-state index in [-0.39, 0.29) is 35.7 Å². The monoisotopic (exact) mass is 698 g/mol. The number of carboxylic acid groups (broad SMARTS) is 2. The van der Waals surface area contributed by atoms with Crippen LogP contribution >= 0.6 is 0 Å². The molecule has 272 valence electrons. The largest absolute Gasteiger partial charge is 0.481 e. The van der Waals surface area contributed by atoms with Gasteiger partial charge in [-0.3, -0.25) is 14.1 Å². The SMILES string of the molecule is C[C@H]1[C@H](C)CC[C@]2(C(=O)O)CC[C@]3(C(=O)O)C(=CC[C@@H]4[C@@]5(C)CC[C@H](O[C@@H]6OC[C@@H](O)[C@H](O)[C@H]6OS(=O)(=O)O)C(C)(C)[C@@H]5CC[C@]43C)[C@H]12. The molecule has 0 aromatic rings. The highest BCUT2D eigenvalue weighted by atomic mass is 32.3. The highest BCUT2D eigenvalue weighted by molar-refractivity contribution is 7.80. The van der Waals surface area contributed by atoms with Gasteiger partial charge >= 0.3 is 22.3 Å². The van der Waals surface area contributed by atoms with Crippen LogP contribution in [0.15, 0.2) is 11.6 Å². The smallest absolute Gasteiger partial charge is 0.397 e. The Balaban J connectivity index is 1.34. The number of hydrogen-bond donors (Lipinski definition) is 5. The first-order valence-electron chi connectivity index (χ1n) is 17.6. The fraction of sp³-hybridized carbons (Fsp3) is 0.886. The van der Waals surface area contributed by atoms with Gasteiger partial charge in [-0.2, -0.15) is 8.42 Å². The Labute approximate surface area is 283 Å². The summed E-state index contributed by atoms with van der Waals surface area (Å²) in [6, 6.07) is 0. The van der Waals surface area contributed by atoms with Gasteiger partial charge in [-0.15, -0.1) is 0 Å². The van der Waals surface area contributed by atoms with Crippen LogP contribution in [0.3, 0.4) is 0 Å². The summed E-state index contributed by atoms with van der Waals surface area (Å²) in [6.45, 7) is 12.6. The number of rotatable bonds is 6. The molecule has 1 heterocycles. The molecule has 5 fully saturated rings. The average Bonchev–Trinajstić information content (AvgIpc) is 2.98. The Morgan fingerprint density at radius 3 is 2.23 bits per heavy atom. The number of fused-ring (bicyclic) bond motifs is 7. The number of aliphatic carboxylic acids is 2. The third-order valence-electron chi connectivity index (χ3n) is 15.1. The lowest BCUT2D eigenvalue weighted by Gasteiger charge is -2.70. The van der Waals surface area contributed by atoms with Crippen molar-refractivity contribution in [3.8, 4) is 0 Å². The van der Waals surface area contributed by atoms with Gasteiger partial charge in [0.2, 0.25) is 0 Å². The summed E-state index contributed by atoms with van der Waals surface area (Å²) >= 11 is 0. The normalized spacial score (nSPS) is 50.1. The molecular weight excluding hydrogens is 644 g/mol. The van der Waals surface area contributed by atoms with Crippen LogP contribution in [-0.2, 0) is 33.6 Å². The molecular formula is C35H54O12S. The van der Waals surface area contributed by atoms with Gasteiger partial charge in [0, 0.05) is 0 Å². The van der Waals surface area contributed by atoms with E-state index in [1.54, 1.807) is 0 Å². The first-order valence-corrected chi connectivity index (χ1v) is 19.0. The molecule has 13 heteroatoms. The number of aliphatic hydroxyl groups is 2. The molecule has 5 aliphatic carbocycles. The minimum atomic E-state index is -4.99. The van der Waals surface area contributed by atoms with Crippen LogP contribution in [0.2, 0.25) is 0 Å². The van der Waals surface area contributed by atoms with Crippen LogP contribution in [0.1, 0.15) is 99.3 Å². The zero-order valence-corrected chi connectivity index (χ0v) is 29.7. The van der Waals surface area contributed by atoms with Gasteiger partial charge in [0.25, 0.3) is 0 Å². The van der Waals surface area contributed by atoms with Gasteiger partial charge < -0.3 is 29.9 Å². The predicted molar refractivity (Wildman–Crippen MR) is 172 cm³/mol. The van der Waals surface area contributed by atoms with Gasteiger partial charge in [-0.1, -0.05) is 53.2 Å². The molecule has 14 atom stereocenters. The summed E-state index contributed by atoms with van der Waals surface area (Å²) in [4.78, 5) is 26.8. The quantitative estimate of drug-likeness (QED) is 0.149. The number of allylic oxidation sites excluding steroid dienone is 1. The van der Waals surface area contributed by atoms with Gasteiger partial charge in [0.15, 0.2) is 12.4 Å². The fourth-order valence-electron chi connectivity index (χ4n) is 12.5. The lowest BCUT2D eigenvalue weighted by Crippen LogP contribution is -2.68. The van der Waals surface area contributed by atoms with Crippen molar-refractivity contribution in [3.05, 3.63) is 11.6 Å². The van der Waals surface area contributed by atoms with E-state index in [9.17, 15) is 43.0 Å². The molecule has 5 N–H and O–H groups in total. The maximum Gasteiger partial charge on any atom is 0.397 e. The van der Waals surface area contributed by atoms with Crippen molar-refractivity contribution in [2.45, 2.75) is 130 Å². The van der Waals surface area contributed by atoms with Crippen LogP contribution in [0, 0.1) is 56.7 Å². The molecule has 0 unspecified atom stereocenters. The molecule has 0 radical (unpaired) electrons. The minimum absolute atomic E-state index is 0.0102. The predicted octanol–water partition coefficient (Wildman–Crippen LogP) is 4.44. The summed E-state index contributed by atoms with van der Waals surface area (Å²) < 4.78 is 49.3. The Hall–Kier alpha value is -1.61. The van der Waals surface area contributed by atoms with Crippen LogP contribution in [0.4, 0.5) is 0 Å². The second-order valence-corrected chi connectivity index (χ2v) is 18.3. The summed E-state index contributed by atoms with van der Waals surface area (Å²) in [5, 5.41) is 42.6. The Morgan fingerprint density at radius 1 is 0.917 bits per heavy atom. The van der Waals surface area contributed by atoms with Crippen LogP contribution in [0.25, 0.3) is 0 Å². The van der Waals surface area contributed by atoms with Crippen molar-refractivity contribution in [1.29, 1.82) is 0 Å². The molecule has 4 saturated carbocycles. The second kappa shape index (κ2) is 11.7. The third kappa shape index (κ3) is 4.99. The van der Waals surface area contributed by atoms with Crippen molar-refractivity contribution in [2.75, 3.05) is 6.61 Å². The van der Waals surface area contributed by atoms with E-state index < -0.39 is 74.7 Å². The molecule has 0 aromatic heterocycles. The number of hydrogen-bond acceptors (Lipinski definition) is 9. The number of carboxylic acids is 2. The highest BCUT2D eigenvalue weighted by Gasteiger charge is 2.73.